The molecule has 1 rings (SSSR count). The number of hydrogen-bond acceptors (Lipinski definition) is 3. The maximum atomic E-state index is 10.3. The number of carbonyl (C=O) groups excluding carboxylic acids is 1. The summed E-state index contributed by atoms with van der Waals surface area (Å²) in [4.78, 5) is 10.3. The first-order valence-electron chi connectivity index (χ1n) is 2.68. The monoisotopic (exact) mass is 242 g/mol. The topological polar surface area (TPSA) is 35.5 Å². The molecule has 0 radical (unpaired) electrons. The van der Waals surface area contributed by atoms with Crippen molar-refractivity contribution < 1.29 is 14.3 Å². The highest BCUT2D eigenvalue weighted by atomic mass is 127. The second-order valence-corrected chi connectivity index (χ2v) is 2.77. The van der Waals surface area contributed by atoms with Crippen LogP contribution in [0.5, 0.6) is 0 Å². The molecule has 0 aromatic heterocycles. The van der Waals surface area contributed by atoms with Crippen LogP contribution in [0.3, 0.4) is 0 Å². The fourth-order valence-corrected chi connectivity index (χ4v) is 1.06. The number of hydrogen-bond donors (Lipinski definition) is 0. The molecule has 0 saturated carbocycles. The average Bonchev–Trinajstić information content (AvgIpc) is 1.90. The zero-order valence-corrected chi connectivity index (χ0v) is 6.96. The highest BCUT2D eigenvalue weighted by Crippen LogP contribution is 2.09. The van der Waals surface area contributed by atoms with Crippen LogP contribution >= 0.6 is 22.6 Å². The zero-order chi connectivity index (χ0) is 6.69. The first-order chi connectivity index (χ1) is 4.33. The molecule has 0 N–H and O–H groups in total. The summed E-state index contributed by atoms with van der Waals surface area (Å²) < 4.78 is 10.2. The lowest BCUT2D eigenvalue weighted by atomic mass is 10.2. The molecular formula is C5H7IO3. The van der Waals surface area contributed by atoms with Crippen LogP contribution in [0.1, 0.15) is 0 Å². The highest BCUT2D eigenvalue weighted by molar-refractivity contribution is 14.1. The van der Waals surface area contributed by atoms with E-state index in [1.54, 1.807) is 0 Å². The molecule has 1 aliphatic heterocycles. The average molecular weight is 242 g/mol. The predicted molar refractivity (Wildman–Crippen MR) is 39.7 cm³/mol. The Morgan fingerprint density at radius 1 is 1.56 bits per heavy atom. The van der Waals surface area contributed by atoms with Gasteiger partial charge in [0, 0.05) is 10.3 Å². The van der Waals surface area contributed by atoms with Gasteiger partial charge in [-0.2, -0.15) is 0 Å². The first-order valence-corrected chi connectivity index (χ1v) is 4.21. The van der Waals surface area contributed by atoms with Crippen molar-refractivity contribution in [3.8, 4) is 0 Å². The molecule has 1 fully saturated rings. The van der Waals surface area contributed by atoms with Crippen molar-refractivity contribution in [3.05, 3.63) is 0 Å². The molecule has 1 saturated heterocycles. The Bertz CT molecular complexity index is 105. The number of alkyl halides is 1. The van der Waals surface area contributed by atoms with Gasteiger partial charge in [0.1, 0.15) is 13.2 Å². The van der Waals surface area contributed by atoms with E-state index in [0.717, 1.165) is 4.43 Å². The van der Waals surface area contributed by atoms with Gasteiger partial charge in [0.2, 0.25) is 0 Å². The van der Waals surface area contributed by atoms with E-state index in [1.807, 2.05) is 0 Å². The van der Waals surface area contributed by atoms with Crippen LogP contribution in [0.2, 0.25) is 0 Å². The Kier molecular flexibility index (Phi) is 2.56. The number of halogens is 1. The van der Waals surface area contributed by atoms with Crippen LogP contribution < -0.4 is 0 Å². The second-order valence-electron chi connectivity index (χ2n) is 1.89. The van der Waals surface area contributed by atoms with E-state index in [-0.39, 0.29) is 0 Å². The molecule has 1 heterocycles. The van der Waals surface area contributed by atoms with E-state index in [2.05, 4.69) is 32.1 Å². The molecule has 0 unspecified atom stereocenters. The van der Waals surface area contributed by atoms with Gasteiger partial charge >= 0.3 is 6.16 Å². The summed E-state index contributed by atoms with van der Waals surface area (Å²) >= 11 is 2.24. The summed E-state index contributed by atoms with van der Waals surface area (Å²) in [6.07, 6.45) is -0.531. The van der Waals surface area contributed by atoms with E-state index < -0.39 is 6.16 Å². The molecule has 0 aliphatic carbocycles. The van der Waals surface area contributed by atoms with E-state index in [4.69, 9.17) is 0 Å². The van der Waals surface area contributed by atoms with Gasteiger partial charge in [-0.3, -0.25) is 0 Å². The molecule has 0 aromatic rings. The lowest BCUT2D eigenvalue weighted by Gasteiger charge is -2.19. The van der Waals surface area contributed by atoms with Gasteiger partial charge in [0.05, 0.1) is 0 Å². The fourth-order valence-electron chi connectivity index (χ4n) is 0.551. The third kappa shape index (κ3) is 2.00. The standard InChI is InChI=1S/C5H7IO3/c6-1-4-2-8-5(7)9-3-4/h4H,1-3H2. The van der Waals surface area contributed by atoms with Crippen molar-refractivity contribution >= 4 is 28.7 Å². The van der Waals surface area contributed by atoms with Crippen LogP contribution in [0.25, 0.3) is 0 Å². The number of cyclic esters (lactones) is 2. The Hall–Kier alpha value is -0.0000000000000000555. The van der Waals surface area contributed by atoms with Crippen LogP contribution in [0.4, 0.5) is 4.79 Å². The summed E-state index contributed by atoms with van der Waals surface area (Å²) in [5, 5.41) is 0. The maximum Gasteiger partial charge on any atom is 0.508 e. The minimum Gasteiger partial charge on any atom is -0.434 e. The predicted octanol–water partition coefficient (Wildman–Crippen LogP) is 1.20. The fraction of sp³-hybridized carbons (Fsp3) is 0.800. The molecule has 0 bridgehead atoms. The van der Waals surface area contributed by atoms with Gasteiger partial charge in [0.15, 0.2) is 0 Å². The van der Waals surface area contributed by atoms with Crippen LogP contribution in [-0.4, -0.2) is 23.8 Å². The SMILES string of the molecule is O=C1OCC(CI)CO1. The van der Waals surface area contributed by atoms with Gasteiger partial charge in [-0.15, -0.1) is 0 Å². The van der Waals surface area contributed by atoms with Crippen molar-refractivity contribution in [1.82, 2.24) is 0 Å². The summed E-state index contributed by atoms with van der Waals surface area (Å²) in [6.45, 7) is 1.03. The minimum atomic E-state index is -0.531. The van der Waals surface area contributed by atoms with Gasteiger partial charge in [-0.1, -0.05) is 22.6 Å². The Labute approximate surface area is 66.8 Å². The Morgan fingerprint density at radius 3 is 2.56 bits per heavy atom. The van der Waals surface area contributed by atoms with Crippen LogP contribution in [0.15, 0.2) is 0 Å². The van der Waals surface area contributed by atoms with Crippen molar-refractivity contribution in [2.75, 3.05) is 17.6 Å². The quantitative estimate of drug-likeness (QED) is 0.393. The zero-order valence-electron chi connectivity index (χ0n) is 4.80. The molecule has 1 aliphatic rings. The molecule has 0 atom stereocenters. The maximum absolute atomic E-state index is 10.3. The van der Waals surface area contributed by atoms with Gasteiger partial charge in [-0.25, -0.2) is 4.79 Å². The molecule has 0 amide bonds. The summed E-state index contributed by atoms with van der Waals surface area (Å²) in [7, 11) is 0. The second kappa shape index (κ2) is 3.24. The van der Waals surface area contributed by atoms with Gasteiger partial charge in [0.25, 0.3) is 0 Å². The molecular weight excluding hydrogens is 235 g/mol. The van der Waals surface area contributed by atoms with E-state index in [1.165, 1.54) is 0 Å². The Balaban J connectivity index is 2.26. The largest absolute Gasteiger partial charge is 0.508 e. The molecule has 52 valence electrons. The van der Waals surface area contributed by atoms with E-state index >= 15 is 0 Å². The molecule has 0 aromatic carbocycles. The van der Waals surface area contributed by atoms with Crippen molar-refractivity contribution in [3.63, 3.8) is 0 Å². The number of rotatable bonds is 1. The molecule has 0 spiro atoms. The minimum absolute atomic E-state index is 0.392. The van der Waals surface area contributed by atoms with Gasteiger partial charge in [-0.05, 0) is 0 Å². The highest BCUT2D eigenvalue weighted by Gasteiger charge is 2.19. The third-order valence-corrected chi connectivity index (χ3v) is 2.34. The van der Waals surface area contributed by atoms with E-state index in [9.17, 15) is 4.79 Å². The summed E-state index contributed by atoms with van der Waals surface area (Å²) in [5.74, 6) is 0.392. The lowest BCUT2D eigenvalue weighted by molar-refractivity contribution is -0.00516. The first kappa shape index (κ1) is 7.11. The van der Waals surface area contributed by atoms with Crippen molar-refractivity contribution in [1.29, 1.82) is 0 Å². The van der Waals surface area contributed by atoms with E-state index in [0.29, 0.717) is 19.1 Å². The molecule has 4 heteroatoms. The lowest BCUT2D eigenvalue weighted by Crippen LogP contribution is -2.28. The van der Waals surface area contributed by atoms with Crippen LogP contribution in [0, 0.1) is 5.92 Å². The number of carbonyl (C=O) groups is 1. The van der Waals surface area contributed by atoms with Crippen molar-refractivity contribution in [2.45, 2.75) is 0 Å². The van der Waals surface area contributed by atoms with Crippen LogP contribution in [-0.2, 0) is 9.47 Å². The van der Waals surface area contributed by atoms with Crippen molar-refractivity contribution in [2.24, 2.45) is 5.92 Å². The number of ether oxygens (including phenoxy) is 2. The third-order valence-electron chi connectivity index (χ3n) is 1.09. The normalized spacial score (nSPS) is 20.8. The Morgan fingerprint density at radius 2 is 2.11 bits per heavy atom. The van der Waals surface area contributed by atoms with Gasteiger partial charge < -0.3 is 9.47 Å². The summed E-state index contributed by atoms with van der Waals surface area (Å²) in [6, 6.07) is 0. The molecule has 3 nitrogen and oxygen atoms in total. The smallest absolute Gasteiger partial charge is 0.434 e. The molecule has 9 heavy (non-hydrogen) atoms. The summed E-state index contributed by atoms with van der Waals surface area (Å²) in [5.41, 5.74) is 0.